The van der Waals surface area contributed by atoms with Gasteiger partial charge in [0.1, 0.15) is 11.6 Å². The molecule has 0 N–H and O–H groups in total. The lowest BCUT2D eigenvalue weighted by molar-refractivity contribution is 0.303. The molecule has 1 rings (SSSR count). The van der Waals surface area contributed by atoms with E-state index in [1.165, 1.54) is 69.9 Å². The maximum Gasteiger partial charge on any atom is 0.145 e. The third-order valence-corrected chi connectivity index (χ3v) is 3.96. The molecule has 120 valence electrons. The number of unbranched alkanes of at least 4 members (excludes halogenated alkanes) is 9. The molecule has 0 spiro atoms. The number of ether oxygens (including phenoxy) is 1. The Balaban J connectivity index is 1.91. The van der Waals surface area contributed by atoms with Gasteiger partial charge in [0, 0.05) is 6.07 Å². The summed E-state index contributed by atoms with van der Waals surface area (Å²) < 4.78 is 18.7. The van der Waals surface area contributed by atoms with Crippen molar-refractivity contribution in [3.8, 4) is 5.75 Å². The Labute approximate surface area is 133 Å². The molecular formula is C18H28ClFO. The van der Waals surface area contributed by atoms with E-state index in [2.05, 4.69) is 6.92 Å². The zero-order chi connectivity index (χ0) is 15.3. The van der Waals surface area contributed by atoms with Crippen LogP contribution in [0, 0.1) is 5.82 Å². The lowest BCUT2D eigenvalue weighted by Crippen LogP contribution is -1.97. The topological polar surface area (TPSA) is 9.23 Å². The van der Waals surface area contributed by atoms with Crippen molar-refractivity contribution < 1.29 is 9.13 Å². The Hall–Kier alpha value is -0.760. The van der Waals surface area contributed by atoms with Gasteiger partial charge < -0.3 is 4.74 Å². The minimum Gasteiger partial charge on any atom is -0.493 e. The lowest BCUT2D eigenvalue weighted by atomic mass is 10.1. The van der Waals surface area contributed by atoms with Gasteiger partial charge in [0.25, 0.3) is 0 Å². The summed E-state index contributed by atoms with van der Waals surface area (Å²) >= 11 is 5.62. The van der Waals surface area contributed by atoms with Crippen LogP contribution in [-0.4, -0.2) is 6.61 Å². The Morgan fingerprint density at radius 2 is 1.48 bits per heavy atom. The number of halogens is 2. The van der Waals surface area contributed by atoms with Gasteiger partial charge in [-0.1, -0.05) is 76.3 Å². The highest BCUT2D eigenvalue weighted by atomic mass is 35.5. The van der Waals surface area contributed by atoms with Crippen molar-refractivity contribution >= 4 is 11.6 Å². The van der Waals surface area contributed by atoms with Crippen molar-refractivity contribution in [1.29, 1.82) is 0 Å². The highest BCUT2D eigenvalue weighted by Gasteiger charge is 2.01. The van der Waals surface area contributed by atoms with E-state index in [0.29, 0.717) is 12.4 Å². The minimum absolute atomic E-state index is 0.140. The molecule has 0 amide bonds. The molecule has 0 saturated heterocycles. The predicted molar refractivity (Wildman–Crippen MR) is 88.7 cm³/mol. The van der Waals surface area contributed by atoms with Crippen LogP contribution >= 0.6 is 11.6 Å². The van der Waals surface area contributed by atoms with Gasteiger partial charge >= 0.3 is 0 Å². The van der Waals surface area contributed by atoms with Gasteiger partial charge in [0.2, 0.25) is 0 Å². The normalized spacial score (nSPS) is 10.8. The molecular weight excluding hydrogens is 287 g/mol. The number of rotatable bonds is 12. The number of hydrogen-bond donors (Lipinski definition) is 0. The van der Waals surface area contributed by atoms with Crippen molar-refractivity contribution in [3.63, 3.8) is 0 Å². The second kappa shape index (κ2) is 11.9. The van der Waals surface area contributed by atoms with Crippen LogP contribution in [0.2, 0.25) is 5.02 Å². The summed E-state index contributed by atoms with van der Waals surface area (Å²) in [5.74, 6) is 0.144. The van der Waals surface area contributed by atoms with Gasteiger partial charge in [0.05, 0.1) is 11.6 Å². The zero-order valence-corrected chi connectivity index (χ0v) is 13.9. The molecule has 1 nitrogen and oxygen atoms in total. The van der Waals surface area contributed by atoms with E-state index in [0.717, 1.165) is 6.42 Å². The van der Waals surface area contributed by atoms with E-state index in [4.69, 9.17) is 16.3 Å². The molecule has 0 heterocycles. The van der Waals surface area contributed by atoms with E-state index < -0.39 is 5.82 Å². The first-order valence-corrected chi connectivity index (χ1v) is 8.69. The summed E-state index contributed by atoms with van der Waals surface area (Å²) in [6.45, 7) is 2.90. The smallest absolute Gasteiger partial charge is 0.145 e. The fourth-order valence-electron chi connectivity index (χ4n) is 2.35. The Kier molecular flexibility index (Phi) is 10.3. The molecule has 21 heavy (non-hydrogen) atoms. The van der Waals surface area contributed by atoms with Gasteiger partial charge in [-0.15, -0.1) is 0 Å². The average molecular weight is 315 g/mol. The van der Waals surface area contributed by atoms with Crippen molar-refractivity contribution in [2.75, 3.05) is 6.61 Å². The van der Waals surface area contributed by atoms with Crippen LogP contribution in [0.15, 0.2) is 18.2 Å². The van der Waals surface area contributed by atoms with E-state index >= 15 is 0 Å². The third-order valence-electron chi connectivity index (χ3n) is 3.66. The molecule has 0 unspecified atom stereocenters. The first-order valence-electron chi connectivity index (χ1n) is 8.32. The standard InChI is InChI=1S/C18H28ClFO/c1-2-3-4-5-6-7-8-9-10-11-14-21-16-12-13-17(19)18(20)15-16/h12-13,15H,2-11,14H2,1H3. The second-order valence-corrected chi connectivity index (χ2v) is 6.01. The molecule has 0 aliphatic heterocycles. The van der Waals surface area contributed by atoms with Crippen molar-refractivity contribution in [1.82, 2.24) is 0 Å². The summed E-state index contributed by atoms with van der Waals surface area (Å²) in [6, 6.07) is 4.59. The van der Waals surface area contributed by atoms with Gasteiger partial charge in [-0.05, 0) is 18.6 Å². The molecule has 0 aromatic heterocycles. The molecule has 0 aliphatic carbocycles. The summed E-state index contributed by atoms with van der Waals surface area (Å²) in [7, 11) is 0. The van der Waals surface area contributed by atoms with E-state index in [9.17, 15) is 4.39 Å². The maximum absolute atomic E-state index is 13.2. The number of hydrogen-bond acceptors (Lipinski definition) is 1. The molecule has 1 aromatic rings. The van der Waals surface area contributed by atoms with Gasteiger partial charge in [0.15, 0.2) is 0 Å². The molecule has 0 fully saturated rings. The summed E-state index contributed by atoms with van der Waals surface area (Å²) in [4.78, 5) is 0. The van der Waals surface area contributed by atoms with Crippen molar-refractivity contribution in [2.24, 2.45) is 0 Å². The molecule has 0 aliphatic rings. The number of benzene rings is 1. The Bertz CT molecular complexity index is 381. The average Bonchev–Trinajstić information content (AvgIpc) is 2.48. The van der Waals surface area contributed by atoms with E-state index in [1.807, 2.05) is 0 Å². The predicted octanol–water partition coefficient (Wildman–Crippen LogP) is 6.78. The van der Waals surface area contributed by atoms with Gasteiger partial charge in [-0.25, -0.2) is 4.39 Å². The molecule has 0 saturated carbocycles. The van der Waals surface area contributed by atoms with Crippen LogP contribution in [0.5, 0.6) is 5.75 Å². The molecule has 3 heteroatoms. The van der Waals surface area contributed by atoms with Crippen LogP contribution in [0.25, 0.3) is 0 Å². The molecule has 0 atom stereocenters. The van der Waals surface area contributed by atoms with Crippen LogP contribution < -0.4 is 4.74 Å². The van der Waals surface area contributed by atoms with Crippen LogP contribution in [0.3, 0.4) is 0 Å². The first-order chi connectivity index (χ1) is 10.2. The minimum atomic E-state index is -0.419. The van der Waals surface area contributed by atoms with Crippen LogP contribution in [0.1, 0.15) is 71.1 Å². The Morgan fingerprint density at radius 1 is 0.905 bits per heavy atom. The van der Waals surface area contributed by atoms with Crippen LogP contribution in [0.4, 0.5) is 4.39 Å². The van der Waals surface area contributed by atoms with Crippen LogP contribution in [-0.2, 0) is 0 Å². The highest BCUT2D eigenvalue weighted by molar-refractivity contribution is 6.30. The second-order valence-electron chi connectivity index (χ2n) is 5.61. The summed E-state index contributed by atoms with van der Waals surface area (Å²) in [6.07, 6.45) is 13.0. The monoisotopic (exact) mass is 314 g/mol. The Morgan fingerprint density at radius 3 is 2.05 bits per heavy atom. The largest absolute Gasteiger partial charge is 0.493 e. The zero-order valence-electron chi connectivity index (χ0n) is 13.2. The van der Waals surface area contributed by atoms with Gasteiger partial charge in [-0.3, -0.25) is 0 Å². The first kappa shape index (κ1) is 18.3. The third kappa shape index (κ3) is 8.98. The summed E-state index contributed by atoms with van der Waals surface area (Å²) in [5.41, 5.74) is 0. The maximum atomic E-state index is 13.2. The molecule has 1 aromatic carbocycles. The quantitative estimate of drug-likeness (QED) is 0.386. The molecule has 0 radical (unpaired) electrons. The molecule has 0 bridgehead atoms. The fourth-order valence-corrected chi connectivity index (χ4v) is 2.46. The highest BCUT2D eigenvalue weighted by Crippen LogP contribution is 2.20. The van der Waals surface area contributed by atoms with E-state index in [-0.39, 0.29) is 5.02 Å². The van der Waals surface area contributed by atoms with Gasteiger partial charge in [-0.2, -0.15) is 0 Å². The summed E-state index contributed by atoms with van der Waals surface area (Å²) in [5, 5.41) is 0.140. The SMILES string of the molecule is CCCCCCCCCCCCOc1ccc(Cl)c(F)c1. The van der Waals surface area contributed by atoms with E-state index in [1.54, 1.807) is 6.07 Å². The fraction of sp³-hybridized carbons (Fsp3) is 0.667. The lowest BCUT2D eigenvalue weighted by Gasteiger charge is -2.06. The van der Waals surface area contributed by atoms with Crippen molar-refractivity contribution in [3.05, 3.63) is 29.0 Å². The van der Waals surface area contributed by atoms with Crippen molar-refractivity contribution in [2.45, 2.75) is 71.1 Å².